The zero-order valence-corrected chi connectivity index (χ0v) is 15.5. The third kappa shape index (κ3) is 6.12. The van der Waals surface area contributed by atoms with Crippen LogP contribution in [0.1, 0.15) is 37.9 Å². The van der Waals surface area contributed by atoms with Gasteiger partial charge in [0.05, 0.1) is 12.5 Å². The van der Waals surface area contributed by atoms with E-state index < -0.39 is 0 Å². The fraction of sp³-hybridized carbons (Fsp3) is 0.632. The van der Waals surface area contributed by atoms with Crippen LogP contribution in [0, 0.1) is 12.8 Å². The lowest BCUT2D eigenvalue weighted by molar-refractivity contribution is -0.134. The molecule has 25 heavy (non-hydrogen) atoms. The molecule has 1 unspecified atom stereocenters. The van der Waals surface area contributed by atoms with Crippen LogP contribution in [0.3, 0.4) is 0 Å². The van der Waals surface area contributed by atoms with E-state index in [0.29, 0.717) is 25.4 Å². The molecule has 6 nitrogen and oxygen atoms in total. The fourth-order valence-electron chi connectivity index (χ4n) is 3.02. The second-order valence-corrected chi connectivity index (χ2v) is 7.10. The molecule has 138 valence electrons. The van der Waals surface area contributed by atoms with Crippen molar-refractivity contribution in [3.05, 3.63) is 29.6 Å². The van der Waals surface area contributed by atoms with Gasteiger partial charge < -0.3 is 10.6 Å². The molecule has 1 aromatic heterocycles. The number of hydrogen-bond acceptors (Lipinski definition) is 4. The minimum atomic E-state index is -0.357. The highest BCUT2D eigenvalue weighted by Crippen LogP contribution is 2.12. The Kier molecular flexibility index (Phi) is 7.37. The summed E-state index contributed by atoms with van der Waals surface area (Å²) in [5.74, 6) is 0.469. The second-order valence-electron chi connectivity index (χ2n) is 7.10. The quantitative estimate of drug-likeness (QED) is 0.744. The van der Waals surface area contributed by atoms with Crippen LogP contribution in [0.2, 0.25) is 0 Å². The summed E-state index contributed by atoms with van der Waals surface area (Å²) in [6, 6.07) is 3.57. The van der Waals surface area contributed by atoms with Gasteiger partial charge in [0.15, 0.2) is 0 Å². The summed E-state index contributed by atoms with van der Waals surface area (Å²) in [5, 5.41) is 5.80. The number of piperazine rings is 1. The predicted octanol–water partition coefficient (Wildman–Crippen LogP) is 1.29. The molecule has 0 bridgehead atoms. The van der Waals surface area contributed by atoms with Crippen molar-refractivity contribution in [3.63, 3.8) is 0 Å². The maximum absolute atomic E-state index is 12.3. The Morgan fingerprint density at radius 3 is 3.00 bits per heavy atom. The molecule has 0 radical (unpaired) electrons. The number of nitrogens with one attached hydrogen (secondary N) is 2. The summed E-state index contributed by atoms with van der Waals surface area (Å²) in [4.78, 5) is 30.9. The maximum Gasteiger partial charge on any atom is 0.237 e. The van der Waals surface area contributed by atoms with Crippen LogP contribution in [-0.2, 0) is 16.0 Å². The normalized spacial score (nSPS) is 18.2. The smallest absolute Gasteiger partial charge is 0.237 e. The average Bonchev–Trinajstić information content (AvgIpc) is 2.57. The van der Waals surface area contributed by atoms with Crippen LogP contribution >= 0.6 is 0 Å². The minimum absolute atomic E-state index is 0.0364. The van der Waals surface area contributed by atoms with Crippen molar-refractivity contribution < 1.29 is 9.59 Å². The molecule has 1 saturated heterocycles. The number of aromatic nitrogens is 1. The molecule has 0 spiro atoms. The molecule has 0 aromatic carbocycles. The molecule has 2 rings (SSSR count). The Bertz CT molecular complexity index is 589. The number of hydrogen-bond donors (Lipinski definition) is 2. The number of aryl methyl sites for hydroxylation is 1. The summed E-state index contributed by atoms with van der Waals surface area (Å²) >= 11 is 0. The predicted molar refractivity (Wildman–Crippen MR) is 98.1 cm³/mol. The van der Waals surface area contributed by atoms with Crippen molar-refractivity contribution >= 4 is 11.8 Å². The highest BCUT2D eigenvalue weighted by molar-refractivity contribution is 5.88. The number of pyridine rings is 1. The molecule has 6 heteroatoms. The molecule has 2 N–H and O–H groups in total. The molecular formula is C19H30N4O2. The van der Waals surface area contributed by atoms with Gasteiger partial charge in [-0.2, -0.15) is 0 Å². The number of carbonyl (C=O) groups excluding carboxylic acids is 2. The SMILES string of the molecule is Cc1cccnc1CCNC(=O)CC1C(=O)NCCN1CCC(C)C. The van der Waals surface area contributed by atoms with Crippen molar-refractivity contribution in [3.8, 4) is 0 Å². The van der Waals surface area contributed by atoms with Crippen molar-refractivity contribution in [1.29, 1.82) is 0 Å². The van der Waals surface area contributed by atoms with Crippen molar-refractivity contribution in [1.82, 2.24) is 20.5 Å². The van der Waals surface area contributed by atoms with Crippen LogP contribution in [-0.4, -0.2) is 53.9 Å². The van der Waals surface area contributed by atoms with E-state index in [1.807, 2.05) is 19.1 Å². The molecule has 2 heterocycles. The molecule has 1 atom stereocenters. The van der Waals surface area contributed by atoms with E-state index in [2.05, 4.69) is 34.4 Å². The fourth-order valence-corrected chi connectivity index (χ4v) is 3.02. The van der Waals surface area contributed by atoms with E-state index >= 15 is 0 Å². The van der Waals surface area contributed by atoms with Crippen LogP contribution < -0.4 is 10.6 Å². The average molecular weight is 346 g/mol. The Labute approximate surface area is 150 Å². The second kappa shape index (κ2) is 9.51. The first kappa shape index (κ1) is 19.4. The Balaban J connectivity index is 1.82. The lowest BCUT2D eigenvalue weighted by atomic mass is 10.1. The van der Waals surface area contributed by atoms with E-state index in [1.165, 1.54) is 0 Å². The van der Waals surface area contributed by atoms with Gasteiger partial charge in [0.25, 0.3) is 0 Å². The summed E-state index contributed by atoms with van der Waals surface area (Å²) in [6.45, 7) is 9.23. The van der Waals surface area contributed by atoms with Crippen molar-refractivity contribution in [2.45, 2.75) is 46.1 Å². The van der Waals surface area contributed by atoms with E-state index in [0.717, 1.165) is 30.8 Å². The lowest BCUT2D eigenvalue weighted by Gasteiger charge is -2.35. The summed E-state index contributed by atoms with van der Waals surface area (Å²) in [6.07, 6.45) is 3.71. The van der Waals surface area contributed by atoms with Gasteiger partial charge >= 0.3 is 0 Å². The largest absolute Gasteiger partial charge is 0.356 e. The first-order valence-electron chi connectivity index (χ1n) is 9.16. The number of amides is 2. The Morgan fingerprint density at radius 2 is 2.28 bits per heavy atom. The van der Waals surface area contributed by atoms with Crippen LogP contribution in [0.4, 0.5) is 0 Å². The number of rotatable bonds is 8. The van der Waals surface area contributed by atoms with E-state index in [1.54, 1.807) is 6.20 Å². The zero-order valence-electron chi connectivity index (χ0n) is 15.5. The van der Waals surface area contributed by atoms with E-state index in [9.17, 15) is 9.59 Å². The first-order valence-corrected chi connectivity index (χ1v) is 9.16. The van der Waals surface area contributed by atoms with Crippen LogP contribution in [0.15, 0.2) is 18.3 Å². The maximum atomic E-state index is 12.3. The van der Waals surface area contributed by atoms with Gasteiger partial charge in [-0.15, -0.1) is 0 Å². The van der Waals surface area contributed by atoms with Crippen LogP contribution in [0.25, 0.3) is 0 Å². The Hall–Kier alpha value is -1.95. The van der Waals surface area contributed by atoms with Crippen LogP contribution in [0.5, 0.6) is 0 Å². The Morgan fingerprint density at radius 1 is 1.48 bits per heavy atom. The standard InChI is InChI=1S/C19H30N4O2/c1-14(2)7-11-23-12-10-22-19(25)17(23)13-18(24)21-9-6-16-15(3)5-4-8-20-16/h4-5,8,14,17H,6-7,9-13H2,1-3H3,(H,21,24)(H,22,25). The highest BCUT2D eigenvalue weighted by Gasteiger charge is 2.31. The molecular weight excluding hydrogens is 316 g/mol. The summed E-state index contributed by atoms with van der Waals surface area (Å²) in [5.41, 5.74) is 2.13. The molecule has 2 amide bonds. The zero-order chi connectivity index (χ0) is 18.2. The van der Waals surface area contributed by atoms with Crippen molar-refractivity contribution in [2.24, 2.45) is 5.92 Å². The molecule has 1 aliphatic rings. The molecule has 1 aromatic rings. The third-order valence-electron chi connectivity index (χ3n) is 4.62. The minimum Gasteiger partial charge on any atom is -0.356 e. The number of nitrogens with zero attached hydrogens (tertiary/aromatic N) is 2. The van der Waals surface area contributed by atoms with E-state index in [4.69, 9.17) is 0 Å². The van der Waals surface area contributed by atoms with Gasteiger partial charge in [-0.1, -0.05) is 19.9 Å². The topological polar surface area (TPSA) is 74.3 Å². The monoisotopic (exact) mass is 346 g/mol. The number of carbonyl (C=O) groups is 2. The van der Waals surface area contributed by atoms with Gasteiger partial charge in [0, 0.05) is 37.9 Å². The molecule has 1 aliphatic heterocycles. The summed E-state index contributed by atoms with van der Waals surface area (Å²) in [7, 11) is 0. The molecule has 1 fully saturated rings. The molecule has 0 aliphatic carbocycles. The molecule has 0 saturated carbocycles. The third-order valence-corrected chi connectivity index (χ3v) is 4.62. The van der Waals surface area contributed by atoms with Gasteiger partial charge in [0.1, 0.15) is 0 Å². The lowest BCUT2D eigenvalue weighted by Crippen LogP contribution is -2.56. The highest BCUT2D eigenvalue weighted by atomic mass is 16.2. The van der Waals surface area contributed by atoms with Gasteiger partial charge in [-0.3, -0.25) is 19.5 Å². The van der Waals surface area contributed by atoms with E-state index in [-0.39, 0.29) is 24.3 Å². The van der Waals surface area contributed by atoms with Gasteiger partial charge in [-0.25, -0.2) is 0 Å². The van der Waals surface area contributed by atoms with Gasteiger partial charge in [0.2, 0.25) is 11.8 Å². The van der Waals surface area contributed by atoms with Crippen molar-refractivity contribution in [2.75, 3.05) is 26.2 Å². The first-order chi connectivity index (χ1) is 12.0. The van der Waals surface area contributed by atoms with Gasteiger partial charge in [-0.05, 0) is 37.4 Å². The summed E-state index contributed by atoms with van der Waals surface area (Å²) < 4.78 is 0.